The van der Waals surface area contributed by atoms with Crippen molar-refractivity contribution in [2.75, 3.05) is 5.32 Å². The zero-order chi connectivity index (χ0) is 29.8. The first-order valence-electron chi connectivity index (χ1n) is 13.7. The van der Waals surface area contributed by atoms with Crippen LogP contribution in [0.3, 0.4) is 0 Å². The van der Waals surface area contributed by atoms with Crippen molar-refractivity contribution >= 4 is 45.9 Å². The molecule has 0 aliphatic carbocycles. The lowest BCUT2D eigenvalue weighted by Crippen LogP contribution is -2.17. The topological polar surface area (TPSA) is 71.3 Å². The van der Waals surface area contributed by atoms with Crippen LogP contribution in [0, 0.1) is 13.8 Å². The summed E-state index contributed by atoms with van der Waals surface area (Å²) in [5, 5.41) is 11.0. The highest BCUT2D eigenvalue weighted by molar-refractivity contribution is 7.14. The quantitative estimate of drug-likeness (QED) is 0.135. The van der Waals surface area contributed by atoms with Crippen molar-refractivity contribution in [3.8, 4) is 28.1 Å². The van der Waals surface area contributed by atoms with Gasteiger partial charge in [0.25, 0.3) is 5.91 Å². The Hall–Kier alpha value is -4.98. The average molecular weight is 602 g/mol. The molecule has 6 aromatic rings. The molecular formula is C35H28ClN5OS. The van der Waals surface area contributed by atoms with Gasteiger partial charge >= 0.3 is 0 Å². The van der Waals surface area contributed by atoms with Gasteiger partial charge in [-0.05, 0) is 79.6 Å². The van der Waals surface area contributed by atoms with Gasteiger partial charge in [0.2, 0.25) is 0 Å². The van der Waals surface area contributed by atoms with E-state index >= 15 is 0 Å². The molecular weight excluding hydrogens is 574 g/mol. The van der Waals surface area contributed by atoms with Crippen LogP contribution in [0.4, 0.5) is 10.8 Å². The number of anilines is 2. The summed E-state index contributed by atoms with van der Waals surface area (Å²) < 4.78 is 2.19. The number of hydrogen-bond acceptors (Lipinski definition) is 5. The van der Waals surface area contributed by atoms with E-state index in [0.717, 1.165) is 44.7 Å². The largest absolute Gasteiger partial charge is 0.332 e. The summed E-state index contributed by atoms with van der Waals surface area (Å²) in [7, 11) is 0. The molecule has 0 bridgehead atoms. The van der Waals surface area contributed by atoms with Crippen LogP contribution in [0.2, 0.25) is 5.02 Å². The van der Waals surface area contributed by atoms with Crippen LogP contribution < -0.4 is 10.7 Å². The highest BCUT2D eigenvalue weighted by atomic mass is 35.5. The second kappa shape index (κ2) is 12.5. The van der Waals surface area contributed by atoms with E-state index in [1.54, 1.807) is 18.3 Å². The number of amides is 1. The summed E-state index contributed by atoms with van der Waals surface area (Å²) >= 11 is 7.47. The van der Waals surface area contributed by atoms with Crippen molar-refractivity contribution in [1.29, 1.82) is 0 Å². The molecule has 1 amide bonds. The summed E-state index contributed by atoms with van der Waals surface area (Å²) in [5.74, 6) is -0.281. The first-order chi connectivity index (χ1) is 20.9. The molecule has 0 aliphatic heterocycles. The molecule has 2 heterocycles. The van der Waals surface area contributed by atoms with E-state index in [-0.39, 0.29) is 5.91 Å². The Morgan fingerprint density at radius 3 is 2.26 bits per heavy atom. The number of aromatic nitrogens is 2. The molecule has 0 saturated carbocycles. The van der Waals surface area contributed by atoms with Gasteiger partial charge in [0, 0.05) is 49.9 Å². The van der Waals surface area contributed by atoms with E-state index in [1.165, 1.54) is 22.5 Å². The average Bonchev–Trinajstić information content (AvgIpc) is 3.62. The van der Waals surface area contributed by atoms with Gasteiger partial charge in [0.05, 0.1) is 11.9 Å². The summed E-state index contributed by atoms with van der Waals surface area (Å²) in [4.78, 5) is 17.4. The number of benzene rings is 4. The molecule has 0 radical (unpaired) electrons. The third kappa shape index (κ3) is 6.43. The molecule has 6 rings (SSSR count). The molecule has 0 saturated heterocycles. The Labute approximate surface area is 259 Å². The second-order valence-electron chi connectivity index (χ2n) is 10.0. The molecule has 212 valence electrons. The number of nitrogens with zero attached hydrogens (tertiary/aromatic N) is 3. The van der Waals surface area contributed by atoms with Crippen molar-refractivity contribution in [2.24, 2.45) is 5.10 Å². The number of aryl methyl sites for hydroxylation is 1. The minimum atomic E-state index is -0.281. The van der Waals surface area contributed by atoms with Crippen molar-refractivity contribution in [3.63, 3.8) is 0 Å². The van der Waals surface area contributed by atoms with E-state index in [1.807, 2.05) is 60.0 Å². The smallest absolute Gasteiger partial charge is 0.271 e. The Balaban J connectivity index is 1.09. The van der Waals surface area contributed by atoms with Gasteiger partial charge in [-0.25, -0.2) is 10.4 Å². The normalized spacial score (nSPS) is 11.1. The maximum Gasteiger partial charge on any atom is 0.271 e. The molecule has 0 atom stereocenters. The first-order valence-corrected chi connectivity index (χ1v) is 15.0. The lowest BCUT2D eigenvalue weighted by Gasteiger charge is -2.11. The number of carbonyl (C=O) groups excluding carboxylic acids is 1. The molecule has 43 heavy (non-hydrogen) atoms. The van der Waals surface area contributed by atoms with Gasteiger partial charge in [-0.15, -0.1) is 11.3 Å². The predicted octanol–water partition coefficient (Wildman–Crippen LogP) is 9.05. The fraction of sp³-hybridized carbons (Fsp3) is 0.0571. The highest BCUT2D eigenvalue weighted by Crippen LogP contribution is 2.28. The first kappa shape index (κ1) is 28.2. The maximum absolute atomic E-state index is 12.8. The Bertz CT molecular complexity index is 1890. The maximum atomic E-state index is 12.8. The number of halogens is 1. The van der Waals surface area contributed by atoms with Crippen LogP contribution in [0.25, 0.3) is 28.1 Å². The van der Waals surface area contributed by atoms with Crippen LogP contribution in [0.15, 0.2) is 120 Å². The summed E-state index contributed by atoms with van der Waals surface area (Å²) in [5.41, 5.74) is 12.3. The van der Waals surface area contributed by atoms with Crippen LogP contribution in [-0.4, -0.2) is 21.7 Å². The van der Waals surface area contributed by atoms with Gasteiger partial charge in [-0.2, -0.15) is 5.10 Å². The van der Waals surface area contributed by atoms with Crippen LogP contribution in [-0.2, 0) is 0 Å². The summed E-state index contributed by atoms with van der Waals surface area (Å²) in [6, 6.07) is 35.7. The second-order valence-corrected chi connectivity index (χ2v) is 11.3. The molecule has 2 aromatic heterocycles. The number of hydrogen-bond donors (Lipinski definition) is 2. The van der Waals surface area contributed by atoms with E-state index in [4.69, 9.17) is 11.6 Å². The van der Waals surface area contributed by atoms with Gasteiger partial charge in [0.1, 0.15) is 0 Å². The lowest BCUT2D eigenvalue weighted by atomic mass is 10.1. The molecule has 0 fully saturated rings. The molecule has 0 spiro atoms. The molecule has 4 aromatic carbocycles. The zero-order valence-electron chi connectivity index (χ0n) is 23.6. The van der Waals surface area contributed by atoms with Crippen molar-refractivity contribution in [1.82, 2.24) is 15.0 Å². The minimum Gasteiger partial charge on any atom is -0.332 e. The van der Waals surface area contributed by atoms with Crippen LogP contribution in [0.1, 0.15) is 27.3 Å². The Morgan fingerprint density at radius 1 is 0.860 bits per heavy atom. The molecule has 6 nitrogen and oxygen atoms in total. The van der Waals surface area contributed by atoms with Gasteiger partial charge in [-0.3, -0.25) is 4.79 Å². The molecule has 8 heteroatoms. The lowest BCUT2D eigenvalue weighted by molar-refractivity contribution is 0.0955. The number of carbonyl (C=O) groups is 1. The van der Waals surface area contributed by atoms with E-state index in [2.05, 4.69) is 81.7 Å². The van der Waals surface area contributed by atoms with E-state index in [0.29, 0.717) is 10.6 Å². The summed E-state index contributed by atoms with van der Waals surface area (Å²) in [6.45, 7) is 4.11. The Morgan fingerprint density at radius 2 is 1.53 bits per heavy atom. The fourth-order valence-electron chi connectivity index (χ4n) is 4.89. The van der Waals surface area contributed by atoms with Crippen LogP contribution in [0.5, 0.6) is 0 Å². The van der Waals surface area contributed by atoms with Crippen molar-refractivity contribution < 1.29 is 4.79 Å². The highest BCUT2D eigenvalue weighted by Gasteiger charge is 2.11. The third-order valence-corrected chi connectivity index (χ3v) is 8.12. The summed E-state index contributed by atoms with van der Waals surface area (Å²) in [6.07, 6.45) is 1.69. The SMILES string of the molecule is Cc1cc(/C=N\NC(=O)c2ccc(-c3csc(Nc4ccc(Cl)cc4)n3)cc2)c(C)n1-c1ccc(-c2ccccc2)cc1. The number of nitrogens with one attached hydrogen (secondary N) is 2. The molecule has 0 aliphatic rings. The van der Waals surface area contributed by atoms with Crippen molar-refractivity contribution in [2.45, 2.75) is 13.8 Å². The van der Waals surface area contributed by atoms with Gasteiger partial charge < -0.3 is 9.88 Å². The predicted molar refractivity (Wildman–Crippen MR) is 178 cm³/mol. The fourth-order valence-corrected chi connectivity index (χ4v) is 5.75. The van der Waals surface area contributed by atoms with Crippen LogP contribution >= 0.6 is 22.9 Å². The molecule has 2 N–H and O–H groups in total. The number of hydrazone groups is 1. The van der Waals surface area contributed by atoms with Crippen molar-refractivity contribution in [3.05, 3.63) is 142 Å². The van der Waals surface area contributed by atoms with Gasteiger partial charge in [-0.1, -0.05) is 66.2 Å². The minimum absolute atomic E-state index is 0.281. The van der Waals surface area contributed by atoms with Gasteiger partial charge in [0.15, 0.2) is 5.13 Å². The van der Waals surface area contributed by atoms with E-state index < -0.39 is 0 Å². The standard InChI is InChI=1S/C35H28ClN5OS/c1-23-20-29(24(2)41(23)32-18-12-26(13-19-32)25-6-4-3-5-7-25)21-37-40-34(42)28-10-8-27(9-11-28)33-22-43-35(39-33)38-31-16-14-30(36)15-17-31/h3-22H,1-2H3,(H,38,39)(H,40,42)/b37-21-. The monoisotopic (exact) mass is 601 g/mol. The third-order valence-electron chi connectivity index (χ3n) is 7.12. The zero-order valence-corrected chi connectivity index (χ0v) is 25.2. The molecule has 0 unspecified atom stereocenters. The number of rotatable bonds is 8. The Kier molecular flexibility index (Phi) is 8.18. The number of thiazole rings is 1. The van der Waals surface area contributed by atoms with E-state index in [9.17, 15) is 4.79 Å².